The largest absolute Gasteiger partial charge is 0.393 e. The zero-order valence-electron chi connectivity index (χ0n) is 16.4. The summed E-state index contributed by atoms with van der Waals surface area (Å²) in [5.74, 6) is -3.49. The molecule has 0 radical (unpaired) electrons. The highest BCUT2D eigenvalue weighted by molar-refractivity contribution is 7.89. The molecule has 2 N–H and O–H groups in total. The van der Waals surface area contributed by atoms with E-state index in [4.69, 9.17) is 23.2 Å². The van der Waals surface area contributed by atoms with E-state index in [1.54, 1.807) is 0 Å². The fourth-order valence-electron chi connectivity index (χ4n) is 3.42. The van der Waals surface area contributed by atoms with E-state index in [2.05, 4.69) is 5.32 Å². The first-order valence-corrected chi connectivity index (χ1v) is 11.7. The van der Waals surface area contributed by atoms with Crippen LogP contribution in [0.2, 0.25) is 10.0 Å². The van der Waals surface area contributed by atoms with Crippen LogP contribution in [-0.4, -0.2) is 42.9 Å². The Balaban J connectivity index is 1.88. The molecule has 1 aliphatic rings. The summed E-state index contributed by atoms with van der Waals surface area (Å²) in [6.45, 7) is 2.19. The van der Waals surface area contributed by atoms with Gasteiger partial charge in [0.05, 0.1) is 26.6 Å². The first-order chi connectivity index (χ1) is 14.5. The van der Waals surface area contributed by atoms with Gasteiger partial charge in [-0.3, -0.25) is 4.79 Å². The van der Waals surface area contributed by atoms with Gasteiger partial charge in [0, 0.05) is 24.8 Å². The molecule has 1 amide bonds. The second-order valence-electron chi connectivity index (χ2n) is 7.24. The third-order valence-corrected chi connectivity index (χ3v) is 7.71. The molecule has 2 unspecified atom stereocenters. The minimum atomic E-state index is -3.94. The highest BCUT2D eigenvalue weighted by Gasteiger charge is 2.34. The lowest BCUT2D eigenvalue weighted by atomic mass is 9.94. The molecule has 3 rings (SSSR count). The van der Waals surface area contributed by atoms with Crippen molar-refractivity contribution >= 4 is 44.8 Å². The maximum atomic E-state index is 13.5. The second-order valence-corrected chi connectivity index (χ2v) is 9.99. The summed E-state index contributed by atoms with van der Waals surface area (Å²) in [6.07, 6.45) is 0.374. The zero-order chi connectivity index (χ0) is 22.9. The van der Waals surface area contributed by atoms with Crippen molar-refractivity contribution in [3.05, 3.63) is 57.6 Å². The van der Waals surface area contributed by atoms with Crippen LogP contribution in [0, 0.1) is 17.6 Å². The van der Waals surface area contributed by atoms with Crippen LogP contribution in [0.3, 0.4) is 0 Å². The number of halogens is 4. The van der Waals surface area contributed by atoms with Crippen LogP contribution < -0.4 is 5.32 Å². The number of hydrogen-bond acceptors (Lipinski definition) is 4. The molecule has 2 aromatic carbocycles. The molecule has 1 aliphatic heterocycles. The molecular formula is C20H20Cl2F2N2O4S. The van der Waals surface area contributed by atoms with Gasteiger partial charge in [-0.15, -0.1) is 0 Å². The van der Waals surface area contributed by atoms with E-state index in [0.29, 0.717) is 12.8 Å². The Hall–Kier alpha value is -1.78. The lowest BCUT2D eigenvalue weighted by Gasteiger charge is -2.35. The predicted octanol–water partition coefficient (Wildman–Crippen LogP) is 4.31. The summed E-state index contributed by atoms with van der Waals surface area (Å²) in [4.78, 5) is 12.5. The lowest BCUT2D eigenvalue weighted by molar-refractivity contribution is 0.0521. The Morgan fingerprint density at radius 1 is 1.23 bits per heavy atom. The summed E-state index contributed by atoms with van der Waals surface area (Å²) in [7, 11) is -3.94. The number of nitrogens with one attached hydrogen (secondary N) is 1. The first kappa shape index (κ1) is 23.9. The van der Waals surface area contributed by atoms with Crippen molar-refractivity contribution in [1.29, 1.82) is 0 Å². The van der Waals surface area contributed by atoms with Crippen molar-refractivity contribution in [2.24, 2.45) is 5.92 Å². The summed E-state index contributed by atoms with van der Waals surface area (Å²) in [5, 5.41) is 11.8. The number of anilines is 1. The highest BCUT2D eigenvalue weighted by atomic mass is 35.5. The van der Waals surface area contributed by atoms with Gasteiger partial charge in [-0.2, -0.15) is 4.31 Å². The molecule has 168 valence electrons. The minimum Gasteiger partial charge on any atom is -0.393 e. The molecule has 11 heteroatoms. The number of amides is 1. The SMILES string of the molecule is CCC1CN(S(=O)(=O)c2ccc(Cl)c(C(=O)Nc3cc(F)c(F)c(Cl)c3)c2)CCC1O. The number of rotatable bonds is 5. The molecule has 2 atom stereocenters. The number of aliphatic hydroxyl groups excluding tert-OH is 1. The number of piperidine rings is 1. The van der Waals surface area contributed by atoms with Crippen LogP contribution in [-0.2, 0) is 10.0 Å². The Morgan fingerprint density at radius 2 is 1.94 bits per heavy atom. The van der Waals surface area contributed by atoms with Gasteiger partial charge in [0.2, 0.25) is 10.0 Å². The van der Waals surface area contributed by atoms with E-state index in [1.165, 1.54) is 16.4 Å². The standard InChI is InChI=1S/C20H20Cl2F2N2O4S/c1-2-11-10-26(6-5-18(11)27)31(29,30)13-3-4-15(21)14(9-13)20(28)25-12-7-16(22)19(24)17(23)8-12/h3-4,7-9,11,18,27H,2,5-6,10H2,1H3,(H,25,28). The van der Waals surface area contributed by atoms with Crippen molar-refractivity contribution in [1.82, 2.24) is 4.31 Å². The van der Waals surface area contributed by atoms with E-state index in [-0.39, 0.29) is 40.2 Å². The smallest absolute Gasteiger partial charge is 0.257 e. The Morgan fingerprint density at radius 3 is 2.58 bits per heavy atom. The van der Waals surface area contributed by atoms with Crippen LogP contribution in [0.1, 0.15) is 30.1 Å². The van der Waals surface area contributed by atoms with Crippen LogP contribution >= 0.6 is 23.2 Å². The van der Waals surface area contributed by atoms with Crippen LogP contribution in [0.25, 0.3) is 0 Å². The predicted molar refractivity (Wildman–Crippen MR) is 114 cm³/mol. The Kier molecular flexibility index (Phi) is 7.22. The highest BCUT2D eigenvalue weighted by Crippen LogP contribution is 2.29. The first-order valence-electron chi connectivity index (χ1n) is 9.48. The van der Waals surface area contributed by atoms with Crippen LogP contribution in [0.15, 0.2) is 35.2 Å². The molecule has 1 saturated heterocycles. The number of nitrogens with zero attached hydrogens (tertiary/aromatic N) is 1. The number of carbonyl (C=O) groups excluding carboxylic acids is 1. The molecule has 0 saturated carbocycles. The van der Waals surface area contributed by atoms with E-state index in [0.717, 1.165) is 18.2 Å². The van der Waals surface area contributed by atoms with Gasteiger partial charge >= 0.3 is 0 Å². The summed E-state index contributed by atoms with van der Waals surface area (Å²) < 4.78 is 54.3. The van der Waals surface area contributed by atoms with Crippen LogP contribution in [0.5, 0.6) is 0 Å². The Labute approximate surface area is 188 Å². The van der Waals surface area contributed by atoms with E-state index in [1.807, 2.05) is 6.92 Å². The average Bonchev–Trinajstić information content (AvgIpc) is 2.72. The number of aliphatic hydroxyl groups is 1. The van der Waals surface area contributed by atoms with Crippen LogP contribution in [0.4, 0.5) is 14.5 Å². The third kappa shape index (κ3) is 5.01. The molecule has 31 heavy (non-hydrogen) atoms. The monoisotopic (exact) mass is 492 g/mol. The summed E-state index contributed by atoms with van der Waals surface area (Å²) >= 11 is 11.7. The molecule has 6 nitrogen and oxygen atoms in total. The third-order valence-electron chi connectivity index (χ3n) is 5.24. The van der Waals surface area contributed by atoms with E-state index in [9.17, 15) is 27.1 Å². The Bertz CT molecular complexity index is 1090. The normalized spacial score (nSPS) is 19.9. The van der Waals surface area contributed by atoms with Gasteiger partial charge in [0.25, 0.3) is 5.91 Å². The molecule has 0 aromatic heterocycles. The van der Waals surface area contributed by atoms with Gasteiger partial charge in [-0.1, -0.05) is 30.1 Å². The zero-order valence-corrected chi connectivity index (χ0v) is 18.7. The van der Waals surface area contributed by atoms with Gasteiger partial charge in [-0.05, 0) is 43.0 Å². The number of carbonyl (C=O) groups is 1. The number of benzene rings is 2. The van der Waals surface area contributed by atoms with Crippen molar-refractivity contribution in [3.63, 3.8) is 0 Å². The van der Waals surface area contributed by atoms with Gasteiger partial charge < -0.3 is 10.4 Å². The van der Waals surface area contributed by atoms with Crippen molar-refractivity contribution in [2.45, 2.75) is 30.8 Å². The van der Waals surface area contributed by atoms with Gasteiger partial charge in [0.1, 0.15) is 0 Å². The lowest BCUT2D eigenvalue weighted by Crippen LogP contribution is -2.45. The van der Waals surface area contributed by atoms with Gasteiger partial charge in [0.15, 0.2) is 11.6 Å². The quantitative estimate of drug-likeness (QED) is 0.609. The maximum Gasteiger partial charge on any atom is 0.257 e. The van der Waals surface area contributed by atoms with Crippen molar-refractivity contribution in [3.8, 4) is 0 Å². The average molecular weight is 493 g/mol. The molecule has 0 aliphatic carbocycles. The molecule has 0 bridgehead atoms. The van der Waals surface area contributed by atoms with Crippen molar-refractivity contribution < 1.29 is 27.1 Å². The summed E-state index contributed by atoms with van der Waals surface area (Å²) in [6, 6.07) is 5.46. The van der Waals surface area contributed by atoms with Gasteiger partial charge in [-0.25, -0.2) is 17.2 Å². The number of sulfonamides is 1. The maximum absolute atomic E-state index is 13.5. The topological polar surface area (TPSA) is 86.7 Å². The van der Waals surface area contributed by atoms with Crippen molar-refractivity contribution in [2.75, 3.05) is 18.4 Å². The number of hydrogen-bond donors (Lipinski definition) is 2. The fraction of sp³-hybridized carbons (Fsp3) is 0.350. The molecule has 2 aromatic rings. The minimum absolute atomic E-state index is 0.0226. The van der Waals surface area contributed by atoms with E-state index >= 15 is 0 Å². The molecule has 0 spiro atoms. The fourth-order valence-corrected chi connectivity index (χ4v) is 5.37. The molecule has 1 fully saturated rings. The summed E-state index contributed by atoms with van der Waals surface area (Å²) in [5.41, 5.74) is -0.276. The second kappa shape index (κ2) is 9.38. The molecule has 1 heterocycles. The van der Waals surface area contributed by atoms with E-state index < -0.39 is 38.7 Å². The molecular weight excluding hydrogens is 473 g/mol.